The average Bonchev–Trinajstić information content (AvgIpc) is 2.59. The molecule has 0 spiro atoms. The van der Waals surface area contributed by atoms with Crippen LogP contribution in [0.5, 0.6) is 0 Å². The summed E-state index contributed by atoms with van der Waals surface area (Å²) in [5.41, 5.74) is 2.62. The minimum Gasteiger partial charge on any atom is -0.466 e. The van der Waals surface area contributed by atoms with Gasteiger partial charge in [0, 0.05) is 0 Å². The monoisotopic (exact) mass is 334 g/mol. The standard InChI is InChI=1S/C19H26O5/c1-3-23-18(21)16(17(20)19(22)24-4-2)12-13-9-10-14-7-5-6-8-15(14)11-13/h5-8,13,16-17,20H,3-4,9-12H2,1-2H3. The van der Waals surface area contributed by atoms with Crippen LogP contribution >= 0.6 is 0 Å². The van der Waals surface area contributed by atoms with Gasteiger partial charge in [-0.25, -0.2) is 4.79 Å². The van der Waals surface area contributed by atoms with E-state index in [1.165, 1.54) is 11.1 Å². The number of aliphatic hydroxyl groups excluding tert-OH is 1. The van der Waals surface area contributed by atoms with E-state index in [4.69, 9.17) is 9.47 Å². The van der Waals surface area contributed by atoms with E-state index in [-0.39, 0.29) is 19.1 Å². The van der Waals surface area contributed by atoms with Crippen molar-refractivity contribution in [3.63, 3.8) is 0 Å². The van der Waals surface area contributed by atoms with Crippen LogP contribution in [0.15, 0.2) is 24.3 Å². The number of esters is 2. The molecule has 1 N–H and O–H groups in total. The van der Waals surface area contributed by atoms with Gasteiger partial charge in [0.05, 0.1) is 19.1 Å². The molecular formula is C19H26O5. The van der Waals surface area contributed by atoms with Crippen LogP contribution in [0.25, 0.3) is 0 Å². The highest BCUT2D eigenvalue weighted by atomic mass is 16.6. The number of rotatable bonds is 7. The van der Waals surface area contributed by atoms with E-state index < -0.39 is 24.0 Å². The molecule has 0 bridgehead atoms. The lowest BCUT2D eigenvalue weighted by molar-refractivity contribution is -0.167. The predicted molar refractivity (Wildman–Crippen MR) is 89.3 cm³/mol. The molecule has 0 saturated carbocycles. The van der Waals surface area contributed by atoms with Crippen LogP contribution in [-0.4, -0.2) is 36.4 Å². The summed E-state index contributed by atoms with van der Waals surface area (Å²) in [5.74, 6) is -1.93. The van der Waals surface area contributed by atoms with Crippen molar-refractivity contribution >= 4 is 11.9 Å². The lowest BCUT2D eigenvalue weighted by atomic mass is 9.78. The van der Waals surface area contributed by atoms with Crippen LogP contribution in [-0.2, 0) is 31.9 Å². The summed E-state index contributed by atoms with van der Waals surface area (Å²) in [7, 11) is 0. The first-order chi connectivity index (χ1) is 11.6. The van der Waals surface area contributed by atoms with Gasteiger partial charge in [-0.2, -0.15) is 0 Å². The Morgan fingerprint density at radius 1 is 1.12 bits per heavy atom. The maximum Gasteiger partial charge on any atom is 0.335 e. The predicted octanol–water partition coefficient (Wildman–Crippen LogP) is 2.28. The molecule has 24 heavy (non-hydrogen) atoms. The third kappa shape index (κ3) is 4.57. The Morgan fingerprint density at radius 2 is 1.75 bits per heavy atom. The van der Waals surface area contributed by atoms with Gasteiger partial charge in [-0.3, -0.25) is 4.79 Å². The molecule has 0 radical (unpaired) electrons. The summed E-state index contributed by atoms with van der Waals surface area (Å²) in [4.78, 5) is 24.1. The molecular weight excluding hydrogens is 308 g/mol. The number of fused-ring (bicyclic) bond motifs is 1. The van der Waals surface area contributed by atoms with Crippen molar-refractivity contribution in [2.24, 2.45) is 11.8 Å². The number of benzene rings is 1. The Labute approximate surface area is 143 Å². The summed E-state index contributed by atoms with van der Waals surface area (Å²) in [5, 5.41) is 10.3. The third-order valence-electron chi connectivity index (χ3n) is 4.53. The van der Waals surface area contributed by atoms with Gasteiger partial charge >= 0.3 is 11.9 Å². The largest absolute Gasteiger partial charge is 0.466 e. The average molecular weight is 334 g/mol. The van der Waals surface area contributed by atoms with Crippen molar-refractivity contribution in [2.75, 3.05) is 13.2 Å². The molecule has 0 aromatic heterocycles. The lowest BCUT2D eigenvalue weighted by Crippen LogP contribution is -2.39. The second-order valence-corrected chi connectivity index (χ2v) is 6.17. The van der Waals surface area contributed by atoms with E-state index in [0.717, 1.165) is 19.3 Å². The van der Waals surface area contributed by atoms with E-state index in [0.29, 0.717) is 6.42 Å². The maximum atomic E-state index is 12.2. The highest BCUT2D eigenvalue weighted by Gasteiger charge is 2.36. The zero-order valence-corrected chi connectivity index (χ0v) is 14.4. The fraction of sp³-hybridized carbons (Fsp3) is 0.579. The Balaban J connectivity index is 2.08. The van der Waals surface area contributed by atoms with E-state index >= 15 is 0 Å². The van der Waals surface area contributed by atoms with Crippen LogP contribution in [0.2, 0.25) is 0 Å². The molecule has 0 fully saturated rings. The summed E-state index contributed by atoms with van der Waals surface area (Å²) >= 11 is 0. The maximum absolute atomic E-state index is 12.2. The molecule has 3 unspecified atom stereocenters. The van der Waals surface area contributed by atoms with E-state index in [1.807, 2.05) is 12.1 Å². The molecule has 3 atom stereocenters. The van der Waals surface area contributed by atoms with Crippen molar-refractivity contribution in [2.45, 2.75) is 45.6 Å². The Morgan fingerprint density at radius 3 is 2.42 bits per heavy atom. The number of hydrogen-bond acceptors (Lipinski definition) is 5. The number of ether oxygens (including phenoxy) is 2. The molecule has 2 rings (SSSR count). The Bertz CT molecular complexity index is 569. The van der Waals surface area contributed by atoms with Gasteiger partial charge in [0.15, 0.2) is 6.10 Å². The summed E-state index contributed by atoms with van der Waals surface area (Å²) in [6.45, 7) is 3.77. The zero-order chi connectivity index (χ0) is 17.5. The SMILES string of the molecule is CCOC(=O)C(O)C(CC1CCc2ccccc2C1)C(=O)OCC. The first kappa shape index (κ1) is 18.5. The van der Waals surface area contributed by atoms with E-state index in [9.17, 15) is 14.7 Å². The molecule has 1 aromatic rings. The van der Waals surface area contributed by atoms with Crippen LogP contribution in [0.3, 0.4) is 0 Å². The Hall–Kier alpha value is -1.88. The van der Waals surface area contributed by atoms with E-state index in [2.05, 4.69) is 12.1 Å². The highest BCUT2D eigenvalue weighted by Crippen LogP contribution is 2.31. The summed E-state index contributed by atoms with van der Waals surface area (Å²) < 4.78 is 9.92. The van der Waals surface area contributed by atoms with Gasteiger partial charge in [0.25, 0.3) is 0 Å². The Kier molecular flexibility index (Phi) is 6.79. The van der Waals surface area contributed by atoms with Crippen LogP contribution < -0.4 is 0 Å². The topological polar surface area (TPSA) is 72.8 Å². The van der Waals surface area contributed by atoms with Gasteiger partial charge in [-0.15, -0.1) is 0 Å². The van der Waals surface area contributed by atoms with Crippen molar-refractivity contribution in [1.82, 2.24) is 0 Å². The first-order valence-corrected chi connectivity index (χ1v) is 8.64. The molecule has 1 aliphatic rings. The fourth-order valence-electron chi connectivity index (χ4n) is 3.33. The molecule has 0 aliphatic heterocycles. The molecule has 1 aliphatic carbocycles. The molecule has 5 nitrogen and oxygen atoms in total. The number of carbonyl (C=O) groups excluding carboxylic acids is 2. The highest BCUT2D eigenvalue weighted by molar-refractivity contribution is 5.83. The van der Waals surface area contributed by atoms with Crippen LogP contribution in [0.1, 0.15) is 37.8 Å². The van der Waals surface area contributed by atoms with Crippen LogP contribution in [0.4, 0.5) is 0 Å². The zero-order valence-electron chi connectivity index (χ0n) is 14.4. The first-order valence-electron chi connectivity index (χ1n) is 8.64. The fourth-order valence-corrected chi connectivity index (χ4v) is 3.33. The van der Waals surface area contributed by atoms with Crippen molar-refractivity contribution in [3.05, 3.63) is 35.4 Å². The van der Waals surface area contributed by atoms with Gasteiger partial charge in [0.1, 0.15) is 0 Å². The van der Waals surface area contributed by atoms with Crippen molar-refractivity contribution in [3.8, 4) is 0 Å². The van der Waals surface area contributed by atoms with Crippen molar-refractivity contribution < 1.29 is 24.2 Å². The van der Waals surface area contributed by atoms with Gasteiger partial charge in [-0.05, 0) is 56.6 Å². The molecule has 5 heteroatoms. The number of aryl methyl sites for hydroxylation is 1. The number of aliphatic hydroxyl groups is 1. The second-order valence-electron chi connectivity index (χ2n) is 6.17. The minimum atomic E-state index is -1.47. The van der Waals surface area contributed by atoms with Crippen LogP contribution in [0, 0.1) is 11.8 Å². The normalized spacial score (nSPS) is 19.0. The quantitative estimate of drug-likeness (QED) is 0.775. The van der Waals surface area contributed by atoms with Gasteiger partial charge in [0.2, 0.25) is 0 Å². The number of hydrogen-bond donors (Lipinski definition) is 1. The summed E-state index contributed by atoms with van der Waals surface area (Å²) in [6, 6.07) is 8.27. The molecule has 132 valence electrons. The molecule has 0 heterocycles. The van der Waals surface area contributed by atoms with Crippen molar-refractivity contribution in [1.29, 1.82) is 0 Å². The van der Waals surface area contributed by atoms with E-state index in [1.54, 1.807) is 13.8 Å². The van der Waals surface area contributed by atoms with Gasteiger partial charge in [-0.1, -0.05) is 24.3 Å². The lowest BCUT2D eigenvalue weighted by Gasteiger charge is -2.28. The molecule has 1 aromatic carbocycles. The molecule has 0 saturated heterocycles. The minimum absolute atomic E-state index is 0.169. The second kappa shape index (κ2) is 8.83. The molecule has 0 amide bonds. The number of carbonyl (C=O) groups is 2. The summed E-state index contributed by atoms with van der Waals surface area (Å²) in [6.07, 6.45) is 1.68. The van der Waals surface area contributed by atoms with Gasteiger partial charge < -0.3 is 14.6 Å². The third-order valence-corrected chi connectivity index (χ3v) is 4.53. The smallest absolute Gasteiger partial charge is 0.335 e.